The number of hydrogen-bond donors (Lipinski definition) is 0. The lowest BCUT2D eigenvalue weighted by molar-refractivity contribution is -0.137. The normalized spacial score (nSPS) is 11.8. The smallest absolute Gasteiger partial charge is 0.380 e. The molecule has 1 heterocycles. The topological polar surface area (TPSA) is 22.1 Å². The molecule has 1 aromatic heterocycles. The largest absolute Gasteiger partial charge is 0.416 e. The molecular formula is C25H20F3NO. The van der Waals surface area contributed by atoms with Crippen molar-refractivity contribution in [2.24, 2.45) is 0 Å². The number of hydrogen-bond acceptors (Lipinski definition) is 2. The first-order valence-electron chi connectivity index (χ1n) is 9.52. The van der Waals surface area contributed by atoms with Crippen LogP contribution in [0.4, 0.5) is 13.2 Å². The fourth-order valence-electron chi connectivity index (χ4n) is 3.56. The summed E-state index contributed by atoms with van der Waals surface area (Å²) in [7, 11) is 1.67. The number of halogens is 3. The minimum Gasteiger partial charge on any atom is -0.380 e. The van der Waals surface area contributed by atoms with E-state index in [0.29, 0.717) is 17.5 Å². The Labute approximate surface area is 173 Å². The van der Waals surface area contributed by atoms with Gasteiger partial charge in [-0.25, -0.2) is 4.98 Å². The lowest BCUT2D eigenvalue weighted by Crippen LogP contribution is -2.04. The zero-order valence-electron chi connectivity index (χ0n) is 16.6. The summed E-state index contributed by atoms with van der Waals surface area (Å²) in [4.78, 5) is 4.59. The van der Waals surface area contributed by atoms with Crippen molar-refractivity contribution in [1.29, 1.82) is 0 Å². The quantitative estimate of drug-likeness (QED) is 0.362. The average molecular weight is 407 g/mol. The zero-order valence-corrected chi connectivity index (χ0v) is 16.6. The maximum Gasteiger partial charge on any atom is 0.416 e. The number of rotatable bonds is 4. The highest BCUT2D eigenvalue weighted by atomic mass is 19.4. The molecule has 0 fully saturated rings. The van der Waals surface area contributed by atoms with Crippen LogP contribution in [0.25, 0.3) is 33.3 Å². The molecule has 0 aliphatic heterocycles. The third kappa shape index (κ3) is 4.07. The molecule has 30 heavy (non-hydrogen) atoms. The van der Waals surface area contributed by atoms with E-state index in [1.165, 1.54) is 6.07 Å². The molecule has 0 N–H and O–H groups in total. The molecule has 0 unspecified atom stereocenters. The van der Waals surface area contributed by atoms with Gasteiger partial charge in [0.15, 0.2) is 0 Å². The summed E-state index contributed by atoms with van der Waals surface area (Å²) in [6.45, 7) is 2.37. The van der Waals surface area contributed by atoms with Gasteiger partial charge in [-0.15, -0.1) is 0 Å². The van der Waals surface area contributed by atoms with Gasteiger partial charge in [-0.1, -0.05) is 42.5 Å². The predicted octanol–water partition coefficient (Wildman–Crippen LogP) is 7.04. The number of alkyl halides is 3. The fraction of sp³-hybridized carbons (Fsp3) is 0.160. The van der Waals surface area contributed by atoms with E-state index >= 15 is 0 Å². The molecular weight excluding hydrogens is 387 g/mol. The van der Waals surface area contributed by atoms with Crippen LogP contribution in [0.5, 0.6) is 0 Å². The van der Waals surface area contributed by atoms with E-state index in [1.807, 2.05) is 55.5 Å². The Bertz CT molecular complexity index is 1200. The number of aromatic nitrogens is 1. The van der Waals surface area contributed by atoms with Crippen LogP contribution in [0, 0.1) is 6.92 Å². The summed E-state index contributed by atoms with van der Waals surface area (Å²) in [6, 6.07) is 21.7. The van der Waals surface area contributed by atoms with Crippen LogP contribution in [0.15, 0.2) is 72.8 Å². The van der Waals surface area contributed by atoms with Crippen LogP contribution >= 0.6 is 0 Å². The Morgan fingerprint density at radius 2 is 1.57 bits per heavy atom. The second-order valence-corrected chi connectivity index (χ2v) is 7.26. The molecule has 0 spiro atoms. The maximum absolute atomic E-state index is 13.0. The number of ether oxygens (including phenoxy) is 1. The van der Waals surface area contributed by atoms with Gasteiger partial charge in [0.05, 0.1) is 23.4 Å². The first-order chi connectivity index (χ1) is 14.3. The van der Waals surface area contributed by atoms with Gasteiger partial charge in [-0.2, -0.15) is 13.2 Å². The van der Waals surface area contributed by atoms with Gasteiger partial charge >= 0.3 is 6.18 Å². The number of fused-ring (bicyclic) bond motifs is 1. The Morgan fingerprint density at radius 3 is 2.27 bits per heavy atom. The number of aryl methyl sites for hydroxylation is 1. The summed E-state index contributed by atoms with van der Waals surface area (Å²) < 4.78 is 44.2. The summed E-state index contributed by atoms with van der Waals surface area (Å²) in [6.07, 6.45) is -4.37. The van der Waals surface area contributed by atoms with E-state index in [-0.39, 0.29) is 0 Å². The van der Waals surface area contributed by atoms with E-state index in [2.05, 4.69) is 11.1 Å². The zero-order chi connectivity index (χ0) is 21.3. The van der Waals surface area contributed by atoms with Crippen LogP contribution in [0.1, 0.15) is 16.7 Å². The fourth-order valence-corrected chi connectivity index (χ4v) is 3.56. The molecule has 2 nitrogen and oxygen atoms in total. The van der Waals surface area contributed by atoms with Crippen molar-refractivity contribution in [2.45, 2.75) is 19.7 Å². The molecule has 0 saturated carbocycles. The van der Waals surface area contributed by atoms with Crippen LogP contribution in [-0.2, 0) is 17.5 Å². The van der Waals surface area contributed by atoms with E-state index in [9.17, 15) is 13.2 Å². The van der Waals surface area contributed by atoms with E-state index in [4.69, 9.17) is 4.74 Å². The van der Waals surface area contributed by atoms with Crippen LogP contribution < -0.4 is 0 Å². The third-order valence-electron chi connectivity index (χ3n) is 5.09. The molecule has 5 heteroatoms. The first-order valence-corrected chi connectivity index (χ1v) is 9.52. The van der Waals surface area contributed by atoms with Crippen molar-refractivity contribution in [3.8, 4) is 22.4 Å². The van der Waals surface area contributed by atoms with E-state index in [1.54, 1.807) is 7.11 Å². The standard InChI is InChI=1S/C25H20F3NO/c1-16-12-24(29-23-11-10-21(14-22(16)23)25(26,27)28)19-8-6-18(7-9-19)20-5-3-4-17(13-20)15-30-2/h3-14H,15H2,1-2H3. The molecule has 0 aliphatic carbocycles. The highest BCUT2D eigenvalue weighted by Gasteiger charge is 2.30. The predicted molar refractivity (Wildman–Crippen MR) is 113 cm³/mol. The number of benzene rings is 3. The van der Waals surface area contributed by atoms with Crippen LogP contribution in [-0.4, -0.2) is 12.1 Å². The maximum atomic E-state index is 13.0. The highest BCUT2D eigenvalue weighted by Crippen LogP contribution is 2.33. The molecule has 4 aromatic rings. The molecule has 0 saturated heterocycles. The van der Waals surface area contributed by atoms with Gasteiger partial charge in [-0.05, 0) is 59.5 Å². The lowest BCUT2D eigenvalue weighted by atomic mass is 9.99. The van der Waals surface area contributed by atoms with Gasteiger partial charge in [0.2, 0.25) is 0 Å². The Kier molecular flexibility index (Phi) is 5.31. The second kappa shape index (κ2) is 7.92. The average Bonchev–Trinajstić information content (AvgIpc) is 2.73. The Hall–Kier alpha value is -3.18. The van der Waals surface area contributed by atoms with Gasteiger partial charge < -0.3 is 4.74 Å². The summed E-state index contributed by atoms with van der Waals surface area (Å²) in [5, 5.41) is 0.514. The summed E-state index contributed by atoms with van der Waals surface area (Å²) in [5.41, 5.74) is 5.57. The van der Waals surface area contributed by atoms with Crippen molar-refractivity contribution in [2.75, 3.05) is 7.11 Å². The molecule has 0 aliphatic rings. The van der Waals surface area contributed by atoms with Gasteiger partial charge in [0, 0.05) is 18.1 Å². The number of methoxy groups -OCH3 is 1. The van der Waals surface area contributed by atoms with Crippen LogP contribution in [0.3, 0.4) is 0 Å². The Morgan fingerprint density at radius 1 is 0.833 bits per heavy atom. The van der Waals surface area contributed by atoms with E-state index < -0.39 is 11.7 Å². The first kappa shape index (κ1) is 20.1. The minimum absolute atomic E-state index is 0.514. The molecule has 0 radical (unpaired) electrons. The van der Waals surface area contributed by atoms with Crippen molar-refractivity contribution >= 4 is 10.9 Å². The molecule has 0 atom stereocenters. The van der Waals surface area contributed by atoms with Gasteiger partial charge in [-0.3, -0.25) is 0 Å². The third-order valence-corrected chi connectivity index (χ3v) is 5.09. The molecule has 3 aromatic carbocycles. The lowest BCUT2D eigenvalue weighted by Gasteiger charge is -2.11. The number of nitrogens with zero attached hydrogens (tertiary/aromatic N) is 1. The monoisotopic (exact) mass is 407 g/mol. The van der Waals surface area contributed by atoms with Crippen LogP contribution in [0.2, 0.25) is 0 Å². The second-order valence-electron chi connectivity index (χ2n) is 7.26. The SMILES string of the molecule is COCc1cccc(-c2ccc(-c3cc(C)c4cc(C(F)(F)F)ccc4n3)cc2)c1. The van der Waals surface area contributed by atoms with Gasteiger partial charge in [0.25, 0.3) is 0 Å². The molecule has 0 bridgehead atoms. The van der Waals surface area contributed by atoms with Crippen molar-refractivity contribution in [3.63, 3.8) is 0 Å². The van der Waals surface area contributed by atoms with Crippen molar-refractivity contribution in [1.82, 2.24) is 4.98 Å². The van der Waals surface area contributed by atoms with E-state index in [0.717, 1.165) is 45.6 Å². The van der Waals surface area contributed by atoms with Gasteiger partial charge in [0.1, 0.15) is 0 Å². The summed E-state index contributed by atoms with van der Waals surface area (Å²) in [5.74, 6) is 0. The van der Waals surface area contributed by atoms with Crippen molar-refractivity contribution in [3.05, 3.63) is 89.5 Å². The Balaban J connectivity index is 1.68. The molecule has 0 amide bonds. The molecule has 152 valence electrons. The number of pyridine rings is 1. The molecule has 4 rings (SSSR count). The summed E-state index contributed by atoms with van der Waals surface area (Å²) >= 11 is 0. The highest BCUT2D eigenvalue weighted by molar-refractivity contribution is 5.86. The minimum atomic E-state index is -4.37. The van der Waals surface area contributed by atoms with Crippen molar-refractivity contribution < 1.29 is 17.9 Å².